The van der Waals surface area contributed by atoms with Gasteiger partial charge in [-0.1, -0.05) is 11.6 Å². The molecule has 14 heavy (non-hydrogen) atoms. The predicted molar refractivity (Wildman–Crippen MR) is 52.3 cm³/mol. The molecule has 0 unspecified atom stereocenters. The number of rotatable bonds is 2. The lowest BCUT2D eigenvalue weighted by atomic mass is 10.2. The van der Waals surface area contributed by atoms with Crippen molar-refractivity contribution in [2.24, 2.45) is 0 Å². The van der Waals surface area contributed by atoms with E-state index in [0.717, 1.165) is 0 Å². The second-order valence-corrected chi connectivity index (χ2v) is 3.32. The number of carbonyl (C=O) groups excluding carboxylic acids is 1. The van der Waals surface area contributed by atoms with Crippen molar-refractivity contribution in [3.63, 3.8) is 0 Å². The average Bonchev–Trinajstić information content (AvgIpc) is 2.01. The molecule has 0 saturated carbocycles. The standard InChI is InChI=1S/C8H8Cl2N2O2/c1-4-6(3-14-5(2)13)7(9)12-8(10)11-4/h3H2,1-2H3. The highest BCUT2D eigenvalue weighted by Gasteiger charge is 2.10. The fourth-order valence-corrected chi connectivity index (χ4v) is 1.39. The molecule has 0 aliphatic heterocycles. The molecule has 1 aromatic heterocycles. The molecule has 1 rings (SSSR count). The van der Waals surface area contributed by atoms with E-state index in [1.165, 1.54) is 6.92 Å². The van der Waals surface area contributed by atoms with Crippen molar-refractivity contribution in [1.29, 1.82) is 0 Å². The van der Waals surface area contributed by atoms with Crippen molar-refractivity contribution in [2.75, 3.05) is 0 Å². The van der Waals surface area contributed by atoms with Crippen molar-refractivity contribution >= 4 is 29.2 Å². The second-order valence-electron chi connectivity index (χ2n) is 2.63. The van der Waals surface area contributed by atoms with Crippen molar-refractivity contribution in [1.82, 2.24) is 9.97 Å². The molecule has 0 radical (unpaired) electrons. The van der Waals surface area contributed by atoms with Gasteiger partial charge in [0.1, 0.15) is 11.8 Å². The summed E-state index contributed by atoms with van der Waals surface area (Å²) in [5.41, 5.74) is 1.18. The molecule has 0 fully saturated rings. The van der Waals surface area contributed by atoms with Crippen molar-refractivity contribution < 1.29 is 9.53 Å². The number of halogens is 2. The lowest BCUT2D eigenvalue weighted by Gasteiger charge is -2.06. The van der Waals surface area contributed by atoms with Gasteiger partial charge in [-0.15, -0.1) is 0 Å². The number of hydrogen-bond donors (Lipinski definition) is 0. The highest BCUT2D eigenvalue weighted by Crippen LogP contribution is 2.19. The molecule has 0 aromatic carbocycles. The smallest absolute Gasteiger partial charge is 0.302 e. The number of aryl methyl sites for hydroxylation is 1. The van der Waals surface area contributed by atoms with Gasteiger partial charge in [-0.05, 0) is 18.5 Å². The molecule has 1 heterocycles. The summed E-state index contributed by atoms with van der Waals surface area (Å²) in [5, 5.41) is 0.294. The fourth-order valence-electron chi connectivity index (χ4n) is 0.866. The van der Waals surface area contributed by atoms with E-state index in [9.17, 15) is 4.79 Å². The van der Waals surface area contributed by atoms with E-state index in [-0.39, 0.29) is 23.0 Å². The maximum absolute atomic E-state index is 10.6. The summed E-state index contributed by atoms with van der Waals surface area (Å²) in [7, 11) is 0. The van der Waals surface area contributed by atoms with Gasteiger partial charge < -0.3 is 4.74 Å². The molecule has 1 aromatic rings. The van der Waals surface area contributed by atoms with Gasteiger partial charge in [0.25, 0.3) is 0 Å². The van der Waals surface area contributed by atoms with Crippen molar-refractivity contribution in [3.05, 3.63) is 21.7 Å². The van der Waals surface area contributed by atoms with Gasteiger partial charge in [-0.2, -0.15) is 0 Å². The first-order chi connectivity index (χ1) is 6.50. The first-order valence-electron chi connectivity index (χ1n) is 3.82. The van der Waals surface area contributed by atoms with E-state index in [1.807, 2.05) is 0 Å². The zero-order valence-electron chi connectivity index (χ0n) is 7.67. The molecular formula is C8H8Cl2N2O2. The Balaban J connectivity index is 2.91. The Morgan fingerprint density at radius 3 is 2.57 bits per heavy atom. The van der Waals surface area contributed by atoms with Gasteiger partial charge in [0.05, 0.1) is 5.69 Å². The minimum Gasteiger partial charge on any atom is -0.461 e. The molecule has 0 spiro atoms. The molecule has 4 nitrogen and oxygen atoms in total. The van der Waals surface area contributed by atoms with Crippen LogP contribution in [-0.2, 0) is 16.1 Å². The Kier molecular flexibility index (Phi) is 3.66. The van der Waals surface area contributed by atoms with Crippen LogP contribution in [0, 0.1) is 6.92 Å². The summed E-state index contributed by atoms with van der Waals surface area (Å²) < 4.78 is 4.78. The van der Waals surface area contributed by atoms with E-state index in [4.69, 9.17) is 27.9 Å². The Labute approximate surface area is 91.2 Å². The zero-order chi connectivity index (χ0) is 10.7. The maximum Gasteiger partial charge on any atom is 0.302 e. The number of aromatic nitrogens is 2. The molecule has 0 bridgehead atoms. The molecule has 6 heteroatoms. The third-order valence-electron chi connectivity index (χ3n) is 1.56. The molecule has 0 saturated heterocycles. The second kappa shape index (κ2) is 4.57. The minimum atomic E-state index is -0.379. The number of hydrogen-bond acceptors (Lipinski definition) is 4. The SMILES string of the molecule is CC(=O)OCc1c(C)nc(Cl)nc1Cl. The van der Waals surface area contributed by atoms with Crippen LogP contribution in [-0.4, -0.2) is 15.9 Å². The lowest BCUT2D eigenvalue weighted by molar-refractivity contribution is -0.142. The monoisotopic (exact) mass is 234 g/mol. The minimum absolute atomic E-state index is 0.0666. The quantitative estimate of drug-likeness (QED) is 0.447. The van der Waals surface area contributed by atoms with Gasteiger partial charge in [-0.3, -0.25) is 4.79 Å². The topological polar surface area (TPSA) is 52.1 Å². The van der Waals surface area contributed by atoms with Crippen LogP contribution in [0.5, 0.6) is 0 Å². The van der Waals surface area contributed by atoms with E-state index in [0.29, 0.717) is 11.3 Å². The summed E-state index contributed by atoms with van der Waals surface area (Å²) in [6.07, 6.45) is 0. The normalized spacial score (nSPS) is 10.0. The third-order valence-corrected chi connectivity index (χ3v) is 2.04. The van der Waals surface area contributed by atoms with Crippen LogP contribution < -0.4 is 0 Å². The van der Waals surface area contributed by atoms with Crippen LogP contribution in [0.1, 0.15) is 18.2 Å². The Bertz CT molecular complexity index is 345. The van der Waals surface area contributed by atoms with Crippen molar-refractivity contribution in [3.8, 4) is 0 Å². The van der Waals surface area contributed by atoms with E-state index in [2.05, 4.69) is 9.97 Å². The van der Waals surface area contributed by atoms with Gasteiger partial charge in [-0.25, -0.2) is 9.97 Å². The number of nitrogens with zero attached hydrogens (tertiary/aromatic N) is 2. The van der Waals surface area contributed by atoms with Crippen LogP contribution in [0.3, 0.4) is 0 Å². The van der Waals surface area contributed by atoms with Crippen molar-refractivity contribution in [2.45, 2.75) is 20.5 Å². The summed E-state index contributed by atoms with van der Waals surface area (Å²) in [6.45, 7) is 3.11. The number of esters is 1. The molecule has 0 amide bonds. The Hall–Kier alpha value is -0.870. The first-order valence-corrected chi connectivity index (χ1v) is 4.58. The third kappa shape index (κ3) is 2.82. The highest BCUT2D eigenvalue weighted by atomic mass is 35.5. The van der Waals surface area contributed by atoms with Crippen LogP contribution in [0.15, 0.2) is 0 Å². The first kappa shape index (κ1) is 11.2. The molecular weight excluding hydrogens is 227 g/mol. The molecule has 0 N–H and O–H groups in total. The molecule has 76 valence electrons. The highest BCUT2D eigenvalue weighted by molar-refractivity contribution is 6.32. The largest absolute Gasteiger partial charge is 0.461 e. The number of carbonyl (C=O) groups is 1. The summed E-state index contributed by atoms with van der Waals surface area (Å²) in [6, 6.07) is 0. The van der Waals surface area contributed by atoms with Crippen LogP contribution >= 0.6 is 23.2 Å². The van der Waals surface area contributed by atoms with E-state index >= 15 is 0 Å². The summed E-state index contributed by atoms with van der Waals surface area (Å²) in [5.74, 6) is -0.379. The van der Waals surface area contributed by atoms with Crippen LogP contribution in [0.25, 0.3) is 0 Å². The molecule has 0 aliphatic carbocycles. The lowest BCUT2D eigenvalue weighted by Crippen LogP contribution is -2.04. The van der Waals surface area contributed by atoms with Gasteiger partial charge >= 0.3 is 5.97 Å². The predicted octanol–water partition coefficient (Wildman–Crippen LogP) is 2.15. The fraction of sp³-hybridized carbons (Fsp3) is 0.375. The van der Waals surface area contributed by atoms with E-state index in [1.54, 1.807) is 6.92 Å². The van der Waals surface area contributed by atoms with Crippen LogP contribution in [0.4, 0.5) is 0 Å². The Morgan fingerprint density at radius 1 is 1.43 bits per heavy atom. The van der Waals surface area contributed by atoms with Crippen LogP contribution in [0.2, 0.25) is 10.4 Å². The summed E-state index contributed by atoms with van der Waals surface area (Å²) in [4.78, 5) is 18.2. The van der Waals surface area contributed by atoms with Gasteiger partial charge in [0.15, 0.2) is 0 Å². The van der Waals surface area contributed by atoms with Gasteiger partial charge in [0.2, 0.25) is 5.28 Å². The average molecular weight is 235 g/mol. The molecule has 0 aliphatic rings. The summed E-state index contributed by atoms with van der Waals surface area (Å²) >= 11 is 11.4. The molecule has 0 atom stereocenters. The Morgan fingerprint density at radius 2 is 2.07 bits per heavy atom. The number of ether oxygens (including phenoxy) is 1. The maximum atomic E-state index is 10.6. The zero-order valence-corrected chi connectivity index (χ0v) is 9.19. The van der Waals surface area contributed by atoms with E-state index < -0.39 is 0 Å². The van der Waals surface area contributed by atoms with Gasteiger partial charge in [0, 0.05) is 12.5 Å².